The van der Waals surface area contributed by atoms with Gasteiger partial charge in [-0.15, -0.1) is 0 Å². The smallest absolute Gasteiger partial charge is 0.308 e. The fourth-order valence-corrected chi connectivity index (χ4v) is 1.67. The molecule has 3 N–H and O–H groups in total. The van der Waals surface area contributed by atoms with E-state index in [1.54, 1.807) is 11.8 Å². The Bertz CT molecular complexity index is 240. The molecule has 5 heteroatoms. The van der Waals surface area contributed by atoms with Crippen LogP contribution in [-0.2, 0) is 9.59 Å². The van der Waals surface area contributed by atoms with E-state index >= 15 is 0 Å². The molecule has 0 aromatic carbocycles. The number of carboxylic acids is 1. The Labute approximate surface area is 82.9 Å². The minimum Gasteiger partial charge on any atom is -0.481 e. The Morgan fingerprint density at radius 1 is 1.57 bits per heavy atom. The maximum atomic E-state index is 11.5. The zero-order valence-electron chi connectivity index (χ0n) is 8.27. The van der Waals surface area contributed by atoms with Crippen molar-refractivity contribution in [1.29, 1.82) is 0 Å². The third kappa shape index (κ3) is 2.45. The standard InChI is InChI=1S/C9H16N2O3/c1-6(10)8(12)11-4-2-3-7(5-11)9(13)14/h6-7H,2-5,10H2,1H3,(H,13,14)/t6-,7?/m1/s1. The lowest BCUT2D eigenvalue weighted by molar-refractivity contribution is -0.145. The predicted octanol–water partition coefficient (Wildman–Crippen LogP) is -0.343. The van der Waals surface area contributed by atoms with Gasteiger partial charge in [0.15, 0.2) is 0 Å². The van der Waals surface area contributed by atoms with Crippen molar-refractivity contribution in [1.82, 2.24) is 4.90 Å². The first-order chi connectivity index (χ1) is 6.52. The molecule has 0 aromatic rings. The molecule has 0 aliphatic carbocycles. The number of nitrogens with two attached hydrogens (primary N) is 1. The van der Waals surface area contributed by atoms with Crippen LogP contribution in [0.5, 0.6) is 0 Å². The molecule has 0 spiro atoms. The monoisotopic (exact) mass is 200 g/mol. The number of rotatable bonds is 2. The molecule has 1 heterocycles. The lowest BCUT2D eigenvalue weighted by atomic mass is 9.98. The van der Waals surface area contributed by atoms with Crippen LogP contribution >= 0.6 is 0 Å². The van der Waals surface area contributed by atoms with Crippen LogP contribution in [0, 0.1) is 5.92 Å². The average molecular weight is 200 g/mol. The summed E-state index contributed by atoms with van der Waals surface area (Å²) in [4.78, 5) is 23.7. The van der Waals surface area contributed by atoms with Crippen LogP contribution in [-0.4, -0.2) is 41.0 Å². The molecule has 1 unspecified atom stereocenters. The van der Waals surface area contributed by atoms with Crippen molar-refractivity contribution in [2.75, 3.05) is 13.1 Å². The second kappa shape index (κ2) is 4.41. The summed E-state index contributed by atoms with van der Waals surface area (Å²) in [5, 5.41) is 8.81. The van der Waals surface area contributed by atoms with Crippen molar-refractivity contribution in [2.45, 2.75) is 25.8 Å². The van der Waals surface area contributed by atoms with Gasteiger partial charge in [0.05, 0.1) is 12.0 Å². The third-order valence-corrected chi connectivity index (χ3v) is 2.47. The summed E-state index contributed by atoms with van der Waals surface area (Å²) in [5.74, 6) is -1.41. The molecule has 0 radical (unpaired) electrons. The SMILES string of the molecule is C[C@@H](N)C(=O)N1CCCC(C(=O)O)C1. The molecule has 5 nitrogen and oxygen atoms in total. The molecule has 0 saturated carbocycles. The highest BCUT2D eigenvalue weighted by molar-refractivity contribution is 5.82. The van der Waals surface area contributed by atoms with Gasteiger partial charge < -0.3 is 15.7 Å². The fraction of sp³-hybridized carbons (Fsp3) is 0.778. The van der Waals surface area contributed by atoms with Gasteiger partial charge in [0.2, 0.25) is 5.91 Å². The van der Waals surface area contributed by atoms with Gasteiger partial charge in [-0.1, -0.05) is 0 Å². The number of amides is 1. The molecule has 1 fully saturated rings. The van der Waals surface area contributed by atoms with E-state index in [9.17, 15) is 9.59 Å². The topological polar surface area (TPSA) is 83.6 Å². The van der Waals surface area contributed by atoms with Crippen molar-refractivity contribution in [3.8, 4) is 0 Å². The van der Waals surface area contributed by atoms with Gasteiger partial charge in [-0.25, -0.2) is 0 Å². The number of hydrogen-bond acceptors (Lipinski definition) is 3. The first-order valence-corrected chi connectivity index (χ1v) is 4.79. The Hall–Kier alpha value is -1.10. The summed E-state index contributed by atoms with van der Waals surface area (Å²) >= 11 is 0. The van der Waals surface area contributed by atoms with E-state index in [0.717, 1.165) is 6.42 Å². The molecule has 1 saturated heterocycles. The molecule has 14 heavy (non-hydrogen) atoms. The first-order valence-electron chi connectivity index (χ1n) is 4.79. The number of carboxylic acid groups (broad SMARTS) is 1. The summed E-state index contributed by atoms with van der Waals surface area (Å²) in [6.45, 7) is 2.55. The number of piperidine rings is 1. The van der Waals surface area contributed by atoms with Crippen molar-refractivity contribution < 1.29 is 14.7 Å². The largest absolute Gasteiger partial charge is 0.481 e. The molecule has 0 bridgehead atoms. The van der Waals surface area contributed by atoms with Crippen LogP contribution in [0.4, 0.5) is 0 Å². The number of nitrogens with zero attached hydrogens (tertiary/aromatic N) is 1. The zero-order valence-corrected chi connectivity index (χ0v) is 8.27. The van der Waals surface area contributed by atoms with Crippen LogP contribution in [0.1, 0.15) is 19.8 Å². The van der Waals surface area contributed by atoms with Crippen molar-refractivity contribution >= 4 is 11.9 Å². The van der Waals surface area contributed by atoms with Crippen LogP contribution in [0.2, 0.25) is 0 Å². The zero-order chi connectivity index (χ0) is 10.7. The minimum atomic E-state index is -0.827. The normalized spacial score (nSPS) is 24.4. The molecular formula is C9H16N2O3. The van der Waals surface area contributed by atoms with Gasteiger partial charge in [0.1, 0.15) is 0 Å². The molecule has 1 aliphatic rings. The van der Waals surface area contributed by atoms with Crippen LogP contribution < -0.4 is 5.73 Å². The van der Waals surface area contributed by atoms with Gasteiger partial charge in [-0.2, -0.15) is 0 Å². The quantitative estimate of drug-likeness (QED) is 0.638. The van der Waals surface area contributed by atoms with Crippen LogP contribution in [0.3, 0.4) is 0 Å². The van der Waals surface area contributed by atoms with E-state index in [1.165, 1.54) is 0 Å². The van der Waals surface area contributed by atoms with E-state index in [0.29, 0.717) is 19.5 Å². The van der Waals surface area contributed by atoms with E-state index in [1.807, 2.05) is 0 Å². The van der Waals surface area contributed by atoms with Crippen molar-refractivity contribution in [3.05, 3.63) is 0 Å². The lowest BCUT2D eigenvalue weighted by Crippen LogP contribution is -2.48. The Morgan fingerprint density at radius 2 is 2.21 bits per heavy atom. The van der Waals surface area contributed by atoms with Gasteiger partial charge in [0, 0.05) is 13.1 Å². The predicted molar refractivity (Wildman–Crippen MR) is 50.6 cm³/mol. The molecule has 0 aromatic heterocycles. The van der Waals surface area contributed by atoms with Gasteiger partial charge >= 0.3 is 5.97 Å². The second-order valence-electron chi connectivity index (χ2n) is 3.75. The number of likely N-dealkylation sites (tertiary alicyclic amines) is 1. The highest BCUT2D eigenvalue weighted by Gasteiger charge is 2.28. The number of aliphatic carboxylic acids is 1. The van der Waals surface area contributed by atoms with Gasteiger partial charge in [-0.3, -0.25) is 9.59 Å². The van der Waals surface area contributed by atoms with Gasteiger partial charge in [-0.05, 0) is 19.8 Å². The highest BCUT2D eigenvalue weighted by atomic mass is 16.4. The minimum absolute atomic E-state index is 0.157. The van der Waals surface area contributed by atoms with Crippen molar-refractivity contribution in [3.63, 3.8) is 0 Å². The Balaban J connectivity index is 2.56. The molecule has 80 valence electrons. The molecule has 1 aliphatic heterocycles. The number of carbonyl (C=O) groups is 2. The fourth-order valence-electron chi connectivity index (χ4n) is 1.67. The summed E-state index contributed by atoms with van der Waals surface area (Å²) in [5.41, 5.74) is 5.45. The van der Waals surface area contributed by atoms with E-state index < -0.39 is 17.9 Å². The van der Waals surface area contributed by atoms with Crippen LogP contribution in [0.15, 0.2) is 0 Å². The van der Waals surface area contributed by atoms with E-state index in [4.69, 9.17) is 10.8 Å². The lowest BCUT2D eigenvalue weighted by Gasteiger charge is -2.31. The number of carbonyl (C=O) groups excluding carboxylic acids is 1. The van der Waals surface area contributed by atoms with E-state index in [2.05, 4.69) is 0 Å². The van der Waals surface area contributed by atoms with Crippen LogP contribution in [0.25, 0.3) is 0 Å². The first kappa shape index (κ1) is 11.0. The van der Waals surface area contributed by atoms with E-state index in [-0.39, 0.29) is 5.91 Å². The molecule has 1 amide bonds. The molecule has 1 rings (SSSR count). The maximum Gasteiger partial charge on any atom is 0.308 e. The summed E-state index contributed by atoms with van der Waals surface area (Å²) < 4.78 is 0. The third-order valence-electron chi connectivity index (χ3n) is 2.47. The highest BCUT2D eigenvalue weighted by Crippen LogP contribution is 2.16. The Morgan fingerprint density at radius 3 is 2.71 bits per heavy atom. The van der Waals surface area contributed by atoms with Gasteiger partial charge in [0.25, 0.3) is 0 Å². The molecule has 2 atom stereocenters. The van der Waals surface area contributed by atoms with Crippen molar-refractivity contribution in [2.24, 2.45) is 11.7 Å². The Kier molecular flexibility index (Phi) is 3.46. The molecular weight excluding hydrogens is 184 g/mol. The summed E-state index contributed by atoms with van der Waals surface area (Å²) in [7, 11) is 0. The summed E-state index contributed by atoms with van der Waals surface area (Å²) in [6, 6.07) is -0.539. The second-order valence-corrected chi connectivity index (χ2v) is 3.75. The number of hydrogen-bond donors (Lipinski definition) is 2. The summed E-state index contributed by atoms with van der Waals surface area (Å²) in [6.07, 6.45) is 1.40. The average Bonchev–Trinajstić information content (AvgIpc) is 2.16. The maximum absolute atomic E-state index is 11.5.